The number of hydrogen-bond donors (Lipinski definition) is 1. The Morgan fingerprint density at radius 2 is 2.13 bits per heavy atom. The van der Waals surface area contributed by atoms with E-state index >= 15 is 0 Å². The summed E-state index contributed by atoms with van der Waals surface area (Å²) < 4.78 is 5.16. The minimum atomic E-state index is -1.11. The van der Waals surface area contributed by atoms with Gasteiger partial charge in [0.1, 0.15) is 5.69 Å². The van der Waals surface area contributed by atoms with E-state index in [-0.39, 0.29) is 17.2 Å². The van der Waals surface area contributed by atoms with Gasteiger partial charge in [0, 0.05) is 12.3 Å². The maximum atomic E-state index is 11.0. The van der Waals surface area contributed by atoms with Crippen LogP contribution in [0.5, 0.6) is 0 Å². The molecule has 0 radical (unpaired) electrons. The van der Waals surface area contributed by atoms with Crippen molar-refractivity contribution < 1.29 is 19.1 Å². The van der Waals surface area contributed by atoms with Crippen molar-refractivity contribution in [2.45, 2.75) is 6.92 Å². The highest BCUT2D eigenvalue weighted by atomic mass is 16.4. The number of aromatic carboxylic acids is 1. The van der Waals surface area contributed by atoms with Crippen LogP contribution < -0.4 is 0 Å². The van der Waals surface area contributed by atoms with E-state index in [0.29, 0.717) is 11.0 Å². The Labute approximate surface area is 84.3 Å². The summed E-state index contributed by atoms with van der Waals surface area (Å²) in [6.07, 6.45) is 1.30. The Morgan fingerprint density at radius 3 is 2.73 bits per heavy atom. The van der Waals surface area contributed by atoms with Crippen LogP contribution in [0.3, 0.4) is 0 Å². The van der Waals surface area contributed by atoms with Gasteiger partial charge in [-0.2, -0.15) is 0 Å². The van der Waals surface area contributed by atoms with Gasteiger partial charge in [0.2, 0.25) is 0 Å². The number of nitrogens with zero attached hydrogens (tertiary/aromatic N) is 1. The molecule has 2 aromatic heterocycles. The molecule has 0 bridgehead atoms. The summed E-state index contributed by atoms with van der Waals surface area (Å²) in [5.41, 5.74) is 0.337. The zero-order chi connectivity index (χ0) is 11.0. The van der Waals surface area contributed by atoms with E-state index < -0.39 is 5.97 Å². The molecular formula is C10H7NO4. The minimum Gasteiger partial charge on any atom is -0.477 e. The van der Waals surface area contributed by atoms with Gasteiger partial charge in [0.15, 0.2) is 17.1 Å². The summed E-state index contributed by atoms with van der Waals surface area (Å²) in [6.45, 7) is 1.38. The first-order valence-electron chi connectivity index (χ1n) is 4.22. The predicted octanol–water partition coefficient (Wildman–Crippen LogP) is 1.73. The normalized spacial score (nSPS) is 10.5. The number of pyridine rings is 1. The quantitative estimate of drug-likeness (QED) is 0.755. The van der Waals surface area contributed by atoms with Crippen molar-refractivity contribution in [3.63, 3.8) is 0 Å². The molecule has 1 N–H and O–H groups in total. The van der Waals surface area contributed by atoms with Crippen LogP contribution in [0.4, 0.5) is 0 Å². The number of aromatic nitrogens is 1. The lowest BCUT2D eigenvalue weighted by Gasteiger charge is -1.91. The third kappa shape index (κ3) is 1.59. The summed E-state index contributed by atoms with van der Waals surface area (Å²) in [5, 5.41) is 9.26. The molecule has 0 aromatic carbocycles. The molecule has 2 heterocycles. The predicted molar refractivity (Wildman–Crippen MR) is 51.0 cm³/mol. The van der Waals surface area contributed by atoms with Crippen molar-refractivity contribution in [1.29, 1.82) is 0 Å². The molecule has 0 saturated carbocycles. The van der Waals surface area contributed by atoms with Crippen molar-refractivity contribution in [2.24, 2.45) is 0 Å². The standard InChI is InChI=1S/C10H7NO4/c1-5(12)8-3-6-2-7(10(13)14)11-4-9(6)15-8/h2-4H,1H3,(H,13,14). The Bertz CT molecular complexity index is 544. The molecule has 2 rings (SSSR count). The molecule has 0 aliphatic rings. The molecule has 0 aliphatic heterocycles. The molecule has 0 saturated heterocycles. The molecule has 0 fully saturated rings. The number of furan rings is 1. The first-order valence-corrected chi connectivity index (χ1v) is 4.22. The highest BCUT2D eigenvalue weighted by Gasteiger charge is 2.11. The molecular weight excluding hydrogens is 198 g/mol. The number of hydrogen-bond acceptors (Lipinski definition) is 4. The third-order valence-electron chi connectivity index (χ3n) is 1.97. The molecule has 76 valence electrons. The summed E-state index contributed by atoms with van der Waals surface area (Å²) in [7, 11) is 0. The van der Waals surface area contributed by atoms with Crippen molar-refractivity contribution in [1.82, 2.24) is 4.98 Å². The van der Waals surface area contributed by atoms with E-state index in [1.54, 1.807) is 0 Å². The number of carbonyl (C=O) groups excluding carboxylic acids is 1. The van der Waals surface area contributed by atoms with Crippen molar-refractivity contribution in [3.05, 3.63) is 29.8 Å². The van der Waals surface area contributed by atoms with Crippen molar-refractivity contribution >= 4 is 22.7 Å². The first kappa shape index (κ1) is 9.39. The van der Waals surface area contributed by atoms with Gasteiger partial charge >= 0.3 is 5.97 Å². The molecule has 0 spiro atoms. The molecule has 15 heavy (non-hydrogen) atoms. The second kappa shape index (κ2) is 3.20. The molecule has 5 nitrogen and oxygen atoms in total. The lowest BCUT2D eigenvalue weighted by molar-refractivity contribution is 0.0690. The maximum absolute atomic E-state index is 11.0. The zero-order valence-corrected chi connectivity index (χ0v) is 7.85. The van der Waals surface area contributed by atoms with E-state index in [1.807, 2.05) is 0 Å². The maximum Gasteiger partial charge on any atom is 0.354 e. The third-order valence-corrected chi connectivity index (χ3v) is 1.97. The van der Waals surface area contributed by atoms with Crippen molar-refractivity contribution in [2.75, 3.05) is 0 Å². The zero-order valence-electron chi connectivity index (χ0n) is 7.85. The molecule has 0 aliphatic carbocycles. The van der Waals surface area contributed by atoms with E-state index in [0.717, 1.165) is 0 Å². The Balaban J connectivity index is 2.62. The summed E-state index contributed by atoms with van der Waals surface area (Å²) in [5.74, 6) is -1.11. The molecule has 2 aromatic rings. The molecule has 5 heteroatoms. The van der Waals surface area contributed by atoms with Crippen LogP contribution in [0.2, 0.25) is 0 Å². The van der Waals surface area contributed by atoms with Crippen molar-refractivity contribution in [3.8, 4) is 0 Å². The van der Waals surface area contributed by atoms with E-state index in [4.69, 9.17) is 9.52 Å². The number of rotatable bonds is 2. The van der Waals surface area contributed by atoms with Crippen LogP contribution in [0, 0.1) is 0 Å². The summed E-state index contributed by atoms with van der Waals surface area (Å²) in [6, 6.07) is 2.87. The van der Waals surface area contributed by atoms with Crippen LogP contribution in [-0.4, -0.2) is 21.8 Å². The number of ketones is 1. The second-order valence-electron chi connectivity index (χ2n) is 3.08. The summed E-state index contributed by atoms with van der Waals surface area (Å²) >= 11 is 0. The topological polar surface area (TPSA) is 80.4 Å². The lowest BCUT2D eigenvalue weighted by Crippen LogP contribution is -1.98. The molecule has 0 unspecified atom stereocenters. The van der Waals surface area contributed by atoms with Gasteiger partial charge in [-0.25, -0.2) is 9.78 Å². The Morgan fingerprint density at radius 1 is 1.40 bits per heavy atom. The fourth-order valence-corrected chi connectivity index (χ4v) is 1.24. The van der Waals surface area contributed by atoms with E-state index in [1.165, 1.54) is 25.3 Å². The SMILES string of the molecule is CC(=O)c1cc2cc(C(=O)O)ncc2o1. The average Bonchev–Trinajstić information content (AvgIpc) is 2.59. The van der Waals surface area contributed by atoms with Crippen LogP contribution >= 0.6 is 0 Å². The number of carbonyl (C=O) groups is 2. The number of carboxylic acids is 1. The number of carboxylic acid groups (broad SMARTS) is 1. The summed E-state index contributed by atoms with van der Waals surface area (Å²) in [4.78, 5) is 25.3. The fraction of sp³-hybridized carbons (Fsp3) is 0.100. The second-order valence-corrected chi connectivity index (χ2v) is 3.08. The fourth-order valence-electron chi connectivity index (χ4n) is 1.24. The highest BCUT2D eigenvalue weighted by Crippen LogP contribution is 2.19. The van der Waals surface area contributed by atoms with Gasteiger partial charge in [0.25, 0.3) is 0 Å². The lowest BCUT2D eigenvalue weighted by atomic mass is 10.2. The van der Waals surface area contributed by atoms with Gasteiger partial charge in [-0.3, -0.25) is 4.79 Å². The Hall–Kier alpha value is -2.17. The van der Waals surface area contributed by atoms with Gasteiger partial charge in [-0.1, -0.05) is 0 Å². The van der Waals surface area contributed by atoms with E-state index in [2.05, 4.69) is 4.98 Å². The average molecular weight is 205 g/mol. The number of Topliss-reactive ketones (excluding diaryl/α,β-unsaturated/α-hetero) is 1. The monoisotopic (exact) mass is 205 g/mol. The largest absolute Gasteiger partial charge is 0.477 e. The van der Waals surface area contributed by atoms with Crippen LogP contribution in [0.1, 0.15) is 28.0 Å². The van der Waals surface area contributed by atoms with Crippen LogP contribution in [0.25, 0.3) is 11.0 Å². The smallest absolute Gasteiger partial charge is 0.354 e. The van der Waals surface area contributed by atoms with Crippen LogP contribution in [-0.2, 0) is 0 Å². The minimum absolute atomic E-state index is 0.0709. The van der Waals surface area contributed by atoms with Gasteiger partial charge in [-0.15, -0.1) is 0 Å². The molecule has 0 atom stereocenters. The van der Waals surface area contributed by atoms with E-state index in [9.17, 15) is 9.59 Å². The highest BCUT2D eigenvalue weighted by molar-refractivity contribution is 5.97. The van der Waals surface area contributed by atoms with Gasteiger partial charge in [0.05, 0.1) is 6.20 Å². The van der Waals surface area contributed by atoms with Crippen LogP contribution in [0.15, 0.2) is 22.7 Å². The first-order chi connectivity index (χ1) is 7.08. The van der Waals surface area contributed by atoms with Gasteiger partial charge < -0.3 is 9.52 Å². The molecule has 0 amide bonds. The Kier molecular flexibility index (Phi) is 2.00. The van der Waals surface area contributed by atoms with Gasteiger partial charge in [-0.05, 0) is 12.1 Å². The number of fused-ring (bicyclic) bond motifs is 1.